The maximum absolute atomic E-state index is 12.0. The van der Waals surface area contributed by atoms with Crippen molar-refractivity contribution in [3.63, 3.8) is 0 Å². The molecule has 0 saturated heterocycles. The van der Waals surface area contributed by atoms with Crippen molar-refractivity contribution in [3.8, 4) is 11.8 Å². The molecule has 2 aromatic rings. The molecular weight excluding hydrogens is 304 g/mol. The first-order valence-electron chi connectivity index (χ1n) is 7.54. The predicted molar refractivity (Wildman–Crippen MR) is 91.9 cm³/mol. The number of nitrogens with one attached hydrogen (secondary N) is 1. The van der Waals surface area contributed by atoms with Crippen LogP contribution >= 0.6 is 0 Å². The van der Waals surface area contributed by atoms with Gasteiger partial charge in [-0.25, -0.2) is 0 Å². The Hall–Kier alpha value is -3.00. The van der Waals surface area contributed by atoms with Gasteiger partial charge >= 0.3 is 0 Å². The predicted octanol–water partition coefficient (Wildman–Crippen LogP) is 2.38. The van der Waals surface area contributed by atoms with E-state index in [4.69, 9.17) is 4.42 Å². The van der Waals surface area contributed by atoms with E-state index >= 15 is 0 Å². The monoisotopic (exact) mass is 324 g/mol. The van der Waals surface area contributed by atoms with Crippen molar-refractivity contribution in [2.75, 3.05) is 20.6 Å². The minimum Gasteiger partial charge on any atom is -0.466 e. The van der Waals surface area contributed by atoms with Crippen molar-refractivity contribution in [2.24, 2.45) is 0 Å². The first kappa shape index (κ1) is 17.4. The molecule has 2 rings (SSSR count). The Labute approximate surface area is 141 Å². The van der Waals surface area contributed by atoms with Gasteiger partial charge < -0.3 is 14.6 Å². The molecule has 124 valence electrons. The third kappa shape index (κ3) is 4.26. The number of hydrogen-bond donors (Lipinski definition) is 1. The van der Waals surface area contributed by atoms with E-state index in [0.29, 0.717) is 22.6 Å². The topological polar surface area (TPSA) is 62.6 Å². The lowest BCUT2D eigenvalue weighted by Crippen LogP contribution is -2.23. The van der Waals surface area contributed by atoms with Crippen molar-refractivity contribution in [2.45, 2.75) is 13.8 Å². The first-order chi connectivity index (χ1) is 11.4. The Kier molecular flexibility index (Phi) is 5.43. The Balaban J connectivity index is 1.93. The van der Waals surface area contributed by atoms with Crippen molar-refractivity contribution in [3.05, 3.63) is 58.5 Å². The third-order valence-electron chi connectivity index (χ3n) is 3.39. The summed E-state index contributed by atoms with van der Waals surface area (Å²) >= 11 is 0. The summed E-state index contributed by atoms with van der Waals surface area (Å²) in [5.74, 6) is 6.90. The van der Waals surface area contributed by atoms with Crippen LogP contribution in [0.4, 0.5) is 0 Å². The molecule has 0 saturated carbocycles. The second kappa shape index (κ2) is 7.51. The Morgan fingerprint density at radius 2 is 1.83 bits per heavy atom. The average molecular weight is 324 g/mol. The van der Waals surface area contributed by atoms with Gasteiger partial charge in [0.2, 0.25) is 0 Å². The van der Waals surface area contributed by atoms with Crippen molar-refractivity contribution >= 4 is 11.8 Å². The third-order valence-corrected chi connectivity index (χ3v) is 3.39. The highest BCUT2D eigenvalue weighted by molar-refractivity contribution is 5.95. The van der Waals surface area contributed by atoms with Crippen LogP contribution in [0.25, 0.3) is 0 Å². The number of hydrogen-bond acceptors (Lipinski definition) is 3. The van der Waals surface area contributed by atoms with Crippen LogP contribution in [0.15, 0.2) is 34.7 Å². The minimum absolute atomic E-state index is 0.0486. The fourth-order valence-corrected chi connectivity index (χ4v) is 2.18. The van der Waals surface area contributed by atoms with Crippen LogP contribution in [0.5, 0.6) is 0 Å². The van der Waals surface area contributed by atoms with E-state index in [0.717, 1.165) is 5.56 Å². The Morgan fingerprint density at radius 3 is 2.38 bits per heavy atom. The van der Waals surface area contributed by atoms with Gasteiger partial charge in [-0.05, 0) is 44.2 Å². The molecular formula is C19H20N2O3. The standard InChI is InChI=1S/C19H20N2O3/c1-13-12-17(14(2)24-13)18(22)20-11-5-6-15-7-9-16(10-8-15)19(23)21(3)4/h7-10,12H,11H2,1-4H3,(H,20,22). The Morgan fingerprint density at radius 1 is 1.17 bits per heavy atom. The van der Waals surface area contributed by atoms with E-state index in [2.05, 4.69) is 17.2 Å². The van der Waals surface area contributed by atoms with Crippen LogP contribution in [-0.2, 0) is 0 Å². The number of carbonyl (C=O) groups excluding carboxylic acids is 2. The van der Waals surface area contributed by atoms with Crippen LogP contribution in [0.1, 0.15) is 37.8 Å². The molecule has 0 bridgehead atoms. The zero-order valence-electron chi connectivity index (χ0n) is 14.3. The Bertz CT molecular complexity index is 805. The summed E-state index contributed by atoms with van der Waals surface area (Å²) in [5, 5.41) is 2.73. The maximum Gasteiger partial charge on any atom is 0.255 e. The normalized spacial score (nSPS) is 9.83. The number of carbonyl (C=O) groups is 2. The molecule has 1 heterocycles. The zero-order valence-corrected chi connectivity index (χ0v) is 14.3. The lowest BCUT2D eigenvalue weighted by molar-refractivity contribution is 0.0827. The van der Waals surface area contributed by atoms with Crippen molar-refractivity contribution < 1.29 is 14.0 Å². The van der Waals surface area contributed by atoms with Gasteiger partial charge in [-0.2, -0.15) is 0 Å². The molecule has 1 N–H and O–H groups in total. The fourth-order valence-electron chi connectivity index (χ4n) is 2.18. The number of aryl methyl sites for hydroxylation is 2. The second-order valence-electron chi connectivity index (χ2n) is 5.59. The molecule has 0 atom stereocenters. The smallest absolute Gasteiger partial charge is 0.255 e. The molecule has 0 aliphatic heterocycles. The summed E-state index contributed by atoms with van der Waals surface area (Å²) in [6.07, 6.45) is 0. The zero-order chi connectivity index (χ0) is 17.7. The highest BCUT2D eigenvalue weighted by atomic mass is 16.3. The van der Waals surface area contributed by atoms with Gasteiger partial charge in [0.25, 0.3) is 11.8 Å². The maximum atomic E-state index is 12.0. The van der Waals surface area contributed by atoms with E-state index in [1.54, 1.807) is 58.3 Å². The molecule has 2 amide bonds. The minimum atomic E-state index is -0.203. The van der Waals surface area contributed by atoms with Crippen LogP contribution in [0.2, 0.25) is 0 Å². The van der Waals surface area contributed by atoms with Gasteiger partial charge in [-0.15, -0.1) is 0 Å². The highest BCUT2D eigenvalue weighted by Gasteiger charge is 2.12. The molecule has 5 heteroatoms. The summed E-state index contributed by atoms with van der Waals surface area (Å²) in [6, 6.07) is 8.76. The molecule has 0 spiro atoms. The molecule has 0 unspecified atom stereocenters. The quantitative estimate of drug-likeness (QED) is 0.882. The van der Waals surface area contributed by atoms with Gasteiger partial charge in [0.05, 0.1) is 12.1 Å². The van der Waals surface area contributed by atoms with Crippen molar-refractivity contribution in [1.82, 2.24) is 10.2 Å². The summed E-state index contributed by atoms with van der Waals surface area (Å²) < 4.78 is 5.33. The number of benzene rings is 1. The SMILES string of the molecule is Cc1cc(C(=O)NCC#Cc2ccc(C(=O)N(C)C)cc2)c(C)o1. The fraction of sp³-hybridized carbons (Fsp3) is 0.263. The van der Waals surface area contributed by atoms with Gasteiger partial charge in [0.15, 0.2) is 0 Å². The second-order valence-corrected chi connectivity index (χ2v) is 5.59. The summed E-state index contributed by atoms with van der Waals surface area (Å²) in [7, 11) is 3.42. The molecule has 5 nitrogen and oxygen atoms in total. The van der Waals surface area contributed by atoms with E-state index in [9.17, 15) is 9.59 Å². The van der Waals surface area contributed by atoms with E-state index in [1.807, 2.05) is 0 Å². The van der Waals surface area contributed by atoms with Gasteiger partial charge in [-0.3, -0.25) is 9.59 Å². The lowest BCUT2D eigenvalue weighted by atomic mass is 10.1. The number of nitrogens with zero attached hydrogens (tertiary/aromatic N) is 1. The molecule has 0 radical (unpaired) electrons. The summed E-state index contributed by atoms with van der Waals surface area (Å²) in [4.78, 5) is 25.3. The molecule has 24 heavy (non-hydrogen) atoms. The van der Waals surface area contributed by atoms with Crippen LogP contribution in [-0.4, -0.2) is 37.4 Å². The summed E-state index contributed by atoms with van der Waals surface area (Å²) in [5.41, 5.74) is 1.93. The molecule has 0 aliphatic rings. The van der Waals surface area contributed by atoms with Gasteiger partial charge in [0.1, 0.15) is 11.5 Å². The van der Waals surface area contributed by atoms with Crippen LogP contribution in [0.3, 0.4) is 0 Å². The van der Waals surface area contributed by atoms with Gasteiger partial charge in [-0.1, -0.05) is 11.8 Å². The lowest BCUT2D eigenvalue weighted by Gasteiger charge is -2.09. The highest BCUT2D eigenvalue weighted by Crippen LogP contribution is 2.13. The number of furan rings is 1. The molecule has 1 aromatic heterocycles. The molecule has 1 aromatic carbocycles. The molecule has 0 aliphatic carbocycles. The van der Waals surface area contributed by atoms with E-state index in [1.165, 1.54) is 4.90 Å². The number of rotatable bonds is 3. The first-order valence-corrected chi connectivity index (χ1v) is 7.54. The van der Waals surface area contributed by atoms with E-state index in [-0.39, 0.29) is 18.4 Å². The van der Waals surface area contributed by atoms with Crippen molar-refractivity contribution in [1.29, 1.82) is 0 Å². The van der Waals surface area contributed by atoms with E-state index < -0.39 is 0 Å². The number of amides is 2. The molecule has 0 fully saturated rings. The van der Waals surface area contributed by atoms with Gasteiger partial charge in [0, 0.05) is 25.2 Å². The van der Waals surface area contributed by atoms with Crippen LogP contribution < -0.4 is 5.32 Å². The van der Waals surface area contributed by atoms with Crippen LogP contribution in [0, 0.1) is 25.7 Å². The summed E-state index contributed by atoms with van der Waals surface area (Å²) in [6.45, 7) is 3.79. The largest absolute Gasteiger partial charge is 0.466 e. The average Bonchev–Trinajstić information content (AvgIpc) is 2.89.